The van der Waals surface area contributed by atoms with Gasteiger partial charge in [0.2, 0.25) is 0 Å². The van der Waals surface area contributed by atoms with Gasteiger partial charge in [0, 0.05) is 12.1 Å². The second-order valence-corrected chi connectivity index (χ2v) is 4.53. The Labute approximate surface area is 96.6 Å². The zero-order chi connectivity index (χ0) is 11.5. The highest BCUT2D eigenvalue weighted by Gasteiger charge is 2.17. The first-order valence-electron chi connectivity index (χ1n) is 5.62. The first-order chi connectivity index (χ1) is 7.72. The van der Waals surface area contributed by atoms with Gasteiger partial charge in [-0.05, 0) is 43.6 Å². The third kappa shape index (κ3) is 2.07. The van der Waals surface area contributed by atoms with Crippen molar-refractivity contribution in [3.63, 3.8) is 0 Å². The first-order valence-corrected chi connectivity index (χ1v) is 5.62. The number of carbonyl (C=O) groups is 1. The zero-order valence-corrected chi connectivity index (χ0v) is 9.86. The van der Waals surface area contributed by atoms with Crippen LogP contribution in [-0.4, -0.2) is 31.8 Å². The Morgan fingerprint density at radius 3 is 2.69 bits per heavy atom. The van der Waals surface area contributed by atoms with Crippen LogP contribution < -0.4 is 0 Å². The van der Waals surface area contributed by atoms with Crippen LogP contribution in [0.5, 0.6) is 0 Å². The van der Waals surface area contributed by atoms with E-state index in [1.165, 1.54) is 11.1 Å². The molecule has 2 heteroatoms. The van der Waals surface area contributed by atoms with Crippen molar-refractivity contribution in [3.05, 3.63) is 41.0 Å². The molecule has 0 saturated carbocycles. The number of hydrogen-bond acceptors (Lipinski definition) is 2. The van der Waals surface area contributed by atoms with Crippen LogP contribution in [0.15, 0.2) is 29.8 Å². The monoisotopic (exact) mass is 215 g/mol. The standard InChI is InChI=1S/C14H17NO/c1-15(2)9-12-8-7-11-5-3-4-6-13(11)14(12)10-16/h3-6,10H,7-9H2,1-2H3. The number of aldehydes is 1. The van der Waals surface area contributed by atoms with E-state index < -0.39 is 0 Å². The Kier molecular flexibility index (Phi) is 3.20. The second-order valence-electron chi connectivity index (χ2n) is 4.53. The van der Waals surface area contributed by atoms with E-state index in [2.05, 4.69) is 11.0 Å². The van der Waals surface area contributed by atoms with Gasteiger partial charge in [-0.2, -0.15) is 0 Å². The fourth-order valence-corrected chi connectivity index (χ4v) is 2.30. The van der Waals surface area contributed by atoms with E-state index >= 15 is 0 Å². The summed E-state index contributed by atoms with van der Waals surface area (Å²) in [5.74, 6) is 0. The molecule has 2 rings (SSSR count). The third-order valence-corrected chi connectivity index (χ3v) is 3.01. The molecule has 1 aliphatic rings. The Morgan fingerprint density at radius 1 is 1.25 bits per heavy atom. The van der Waals surface area contributed by atoms with Crippen LogP contribution >= 0.6 is 0 Å². The van der Waals surface area contributed by atoms with E-state index in [1.54, 1.807) is 0 Å². The Morgan fingerprint density at radius 2 is 2.00 bits per heavy atom. The number of benzene rings is 1. The molecule has 0 radical (unpaired) electrons. The number of allylic oxidation sites excluding steroid dienone is 1. The fraction of sp³-hybridized carbons (Fsp3) is 0.357. The summed E-state index contributed by atoms with van der Waals surface area (Å²) in [5.41, 5.74) is 4.59. The molecule has 0 saturated heterocycles. The van der Waals surface area contributed by atoms with Crippen molar-refractivity contribution >= 4 is 11.9 Å². The number of likely N-dealkylation sites (N-methyl/N-ethyl adjacent to an activating group) is 1. The lowest BCUT2D eigenvalue weighted by Gasteiger charge is -2.22. The number of fused-ring (bicyclic) bond motifs is 1. The zero-order valence-electron chi connectivity index (χ0n) is 9.86. The molecule has 0 aromatic heterocycles. The van der Waals surface area contributed by atoms with Crippen LogP contribution in [0.3, 0.4) is 0 Å². The van der Waals surface area contributed by atoms with E-state index in [0.717, 1.165) is 36.8 Å². The number of carbonyl (C=O) groups excluding carboxylic acids is 1. The quantitative estimate of drug-likeness (QED) is 0.720. The first kappa shape index (κ1) is 11.1. The van der Waals surface area contributed by atoms with Gasteiger partial charge >= 0.3 is 0 Å². The molecule has 0 amide bonds. The maximum Gasteiger partial charge on any atom is 0.150 e. The normalized spacial score (nSPS) is 15.2. The van der Waals surface area contributed by atoms with E-state index in [9.17, 15) is 4.79 Å². The van der Waals surface area contributed by atoms with Crippen LogP contribution in [0.25, 0.3) is 5.57 Å². The third-order valence-electron chi connectivity index (χ3n) is 3.01. The molecule has 16 heavy (non-hydrogen) atoms. The molecule has 1 aromatic rings. The van der Waals surface area contributed by atoms with Crippen LogP contribution in [0.4, 0.5) is 0 Å². The minimum atomic E-state index is 0.877. The second kappa shape index (κ2) is 4.62. The molecule has 0 spiro atoms. The topological polar surface area (TPSA) is 20.3 Å². The summed E-state index contributed by atoms with van der Waals surface area (Å²) in [6.07, 6.45) is 3.07. The number of hydrogen-bond donors (Lipinski definition) is 0. The van der Waals surface area contributed by atoms with E-state index in [1.807, 2.05) is 32.3 Å². The molecule has 2 nitrogen and oxygen atoms in total. The molecule has 0 atom stereocenters. The van der Waals surface area contributed by atoms with Gasteiger partial charge in [-0.3, -0.25) is 4.79 Å². The molecule has 84 valence electrons. The predicted octanol–water partition coefficient (Wildman–Crippen LogP) is 2.15. The molecular weight excluding hydrogens is 198 g/mol. The summed E-state index contributed by atoms with van der Waals surface area (Å²) < 4.78 is 0. The lowest BCUT2D eigenvalue weighted by atomic mass is 9.86. The van der Waals surface area contributed by atoms with Crippen molar-refractivity contribution in [3.8, 4) is 0 Å². The van der Waals surface area contributed by atoms with Gasteiger partial charge in [0.1, 0.15) is 0 Å². The Bertz CT molecular complexity index is 432. The summed E-state index contributed by atoms with van der Waals surface area (Å²) in [6.45, 7) is 0.877. The molecule has 0 fully saturated rings. The summed E-state index contributed by atoms with van der Waals surface area (Å²) in [4.78, 5) is 13.4. The molecule has 0 bridgehead atoms. The molecule has 0 aliphatic heterocycles. The van der Waals surface area contributed by atoms with Crippen LogP contribution in [0.1, 0.15) is 17.5 Å². The number of aryl methyl sites for hydroxylation is 1. The van der Waals surface area contributed by atoms with Gasteiger partial charge in [0.15, 0.2) is 6.29 Å². The minimum absolute atomic E-state index is 0.877. The molecule has 0 heterocycles. The predicted molar refractivity (Wildman–Crippen MR) is 66.3 cm³/mol. The summed E-state index contributed by atoms with van der Waals surface area (Å²) in [6, 6.07) is 8.21. The van der Waals surface area contributed by atoms with Crippen LogP contribution in [0, 0.1) is 0 Å². The summed E-state index contributed by atoms with van der Waals surface area (Å²) in [5, 5.41) is 0. The highest BCUT2D eigenvalue weighted by Crippen LogP contribution is 2.29. The van der Waals surface area contributed by atoms with Gasteiger partial charge in [-0.1, -0.05) is 24.3 Å². The molecule has 1 aromatic carbocycles. The van der Waals surface area contributed by atoms with Gasteiger partial charge in [0.25, 0.3) is 0 Å². The van der Waals surface area contributed by atoms with Crippen molar-refractivity contribution in [1.82, 2.24) is 4.90 Å². The van der Waals surface area contributed by atoms with Crippen molar-refractivity contribution in [2.75, 3.05) is 20.6 Å². The van der Waals surface area contributed by atoms with E-state index in [0.29, 0.717) is 0 Å². The number of rotatable bonds is 3. The maximum atomic E-state index is 11.2. The van der Waals surface area contributed by atoms with Crippen molar-refractivity contribution in [2.45, 2.75) is 12.8 Å². The van der Waals surface area contributed by atoms with Gasteiger partial charge in [-0.25, -0.2) is 0 Å². The average molecular weight is 215 g/mol. The highest BCUT2D eigenvalue weighted by atomic mass is 16.1. The molecule has 0 N–H and O–H groups in total. The molecule has 1 aliphatic carbocycles. The maximum absolute atomic E-state index is 11.2. The van der Waals surface area contributed by atoms with Gasteiger partial charge in [0.05, 0.1) is 0 Å². The van der Waals surface area contributed by atoms with Crippen molar-refractivity contribution in [1.29, 1.82) is 0 Å². The lowest BCUT2D eigenvalue weighted by molar-refractivity contribution is -0.103. The SMILES string of the molecule is CN(C)CC1=C(C=O)c2ccccc2CC1. The summed E-state index contributed by atoms with van der Waals surface area (Å²) >= 11 is 0. The van der Waals surface area contributed by atoms with Crippen molar-refractivity contribution in [2.24, 2.45) is 0 Å². The summed E-state index contributed by atoms with van der Waals surface area (Å²) in [7, 11) is 4.08. The van der Waals surface area contributed by atoms with Crippen LogP contribution in [0.2, 0.25) is 0 Å². The fourth-order valence-electron chi connectivity index (χ4n) is 2.30. The molecule has 0 unspecified atom stereocenters. The minimum Gasteiger partial charge on any atom is -0.305 e. The van der Waals surface area contributed by atoms with Crippen LogP contribution in [-0.2, 0) is 11.2 Å². The average Bonchev–Trinajstić information content (AvgIpc) is 2.28. The number of nitrogens with zero attached hydrogens (tertiary/aromatic N) is 1. The van der Waals surface area contributed by atoms with Crippen molar-refractivity contribution < 1.29 is 4.79 Å². The van der Waals surface area contributed by atoms with Gasteiger partial charge in [-0.15, -0.1) is 0 Å². The smallest absolute Gasteiger partial charge is 0.150 e. The van der Waals surface area contributed by atoms with E-state index in [-0.39, 0.29) is 0 Å². The Balaban J connectivity index is 2.44. The highest BCUT2D eigenvalue weighted by molar-refractivity contribution is 6.09. The Hall–Kier alpha value is -1.41. The molecular formula is C14H17NO. The lowest BCUT2D eigenvalue weighted by Crippen LogP contribution is -2.19. The largest absolute Gasteiger partial charge is 0.305 e. The van der Waals surface area contributed by atoms with Gasteiger partial charge < -0.3 is 4.90 Å². The van der Waals surface area contributed by atoms with E-state index in [4.69, 9.17) is 0 Å².